The fraction of sp³-hybridized carbons (Fsp3) is 0.455. The molecule has 1 heterocycles. The van der Waals surface area contributed by atoms with Crippen LogP contribution >= 0.6 is 39.3 Å². The van der Waals surface area contributed by atoms with Crippen LogP contribution < -0.4 is 5.32 Å². The minimum absolute atomic E-state index is 0.565. The zero-order valence-electron chi connectivity index (χ0n) is 8.30. The van der Waals surface area contributed by atoms with Crippen molar-refractivity contribution in [3.63, 3.8) is 0 Å². The van der Waals surface area contributed by atoms with E-state index in [4.69, 9.17) is 11.6 Å². The summed E-state index contributed by atoms with van der Waals surface area (Å²) >= 11 is 11.6. The second-order valence-corrected chi connectivity index (χ2v) is 6.16. The SMILES string of the molecule is Clc1ccc(Br)cc1NC1CCCSC1. The van der Waals surface area contributed by atoms with Crippen molar-refractivity contribution in [2.24, 2.45) is 0 Å². The van der Waals surface area contributed by atoms with Gasteiger partial charge in [0.15, 0.2) is 0 Å². The summed E-state index contributed by atoms with van der Waals surface area (Å²) in [5, 5.41) is 4.31. The number of hydrogen-bond donors (Lipinski definition) is 1. The van der Waals surface area contributed by atoms with Gasteiger partial charge in [-0.25, -0.2) is 0 Å². The summed E-state index contributed by atoms with van der Waals surface area (Å²) < 4.78 is 1.07. The summed E-state index contributed by atoms with van der Waals surface area (Å²) in [5.74, 6) is 2.48. The molecule has 1 aliphatic heterocycles. The van der Waals surface area contributed by atoms with Crippen LogP contribution in [0.3, 0.4) is 0 Å². The van der Waals surface area contributed by atoms with E-state index in [-0.39, 0.29) is 0 Å². The van der Waals surface area contributed by atoms with Crippen LogP contribution in [0.5, 0.6) is 0 Å². The highest BCUT2D eigenvalue weighted by Gasteiger charge is 2.14. The molecule has 0 amide bonds. The fourth-order valence-corrected chi connectivity index (χ4v) is 3.29. The third-order valence-corrected chi connectivity index (χ3v) is 4.49. The van der Waals surface area contributed by atoms with Gasteiger partial charge >= 0.3 is 0 Å². The quantitative estimate of drug-likeness (QED) is 0.868. The number of hydrogen-bond acceptors (Lipinski definition) is 2. The van der Waals surface area contributed by atoms with Gasteiger partial charge in [-0.15, -0.1) is 0 Å². The Labute approximate surface area is 108 Å². The van der Waals surface area contributed by atoms with Gasteiger partial charge in [-0.3, -0.25) is 0 Å². The molecule has 82 valence electrons. The van der Waals surface area contributed by atoms with Gasteiger partial charge in [-0.2, -0.15) is 11.8 Å². The summed E-state index contributed by atoms with van der Waals surface area (Å²) in [7, 11) is 0. The van der Waals surface area contributed by atoms with E-state index in [1.807, 2.05) is 30.0 Å². The molecule has 0 spiro atoms. The predicted octanol–water partition coefficient (Wildman–Crippen LogP) is 4.41. The largest absolute Gasteiger partial charge is 0.380 e. The molecular formula is C11H13BrClNS. The molecule has 1 aliphatic rings. The lowest BCUT2D eigenvalue weighted by Crippen LogP contribution is -2.25. The van der Waals surface area contributed by atoms with Crippen LogP contribution in [-0.4, -0.2) is 17.5 Å². The lowest BCUT2D eigenvalue weighted by atomic mass is 10.1. The van der Waals surface area contributed by atoms with E-state index in [1.165, 1.54) is 24.3 Å². The third kappa shape index (κ3) is 3.30. The van der Waals surface area contributed by atoms with Gasteiger partial charge in [-0.1, -0.05) is 27.5 Å². The highest BCUT2D eigenvalue weighted by atomic mass is 79.9. The van der Waals surface area contributed by atoms with Crippen molar-refractivity contribution < 1.29 is 0 Å². The van der Waals surface area contributed by atoms with E-state index in [1.54, 1.807) is 0 Å². The highest BCUT2D eigenvalue weighted by Crippen LogP contribution is 2.28. The predicted molar refractivity (Wildman–Crippen MR) is 73.1 cm³/mol. The van der Waals surface area contributed by atoms with Crippen molar-refractivity contribution in [3.8, 4) is 0 Å². The molecule has 0 bridgehead atoms. The summed E-state index contributed by atoms with van der Waals surface area (Å²) in [6.07, 6.45) is 2.55. The van der Waals surface area contributed by atoms with Crippen molar-refractivity contribution in [1.29, 1.82) is 0 Å². The van der Waals surface area contributed by atoms with Gasteiger partial charge in [0.05, 0.1) is 10.7 Å². The van der Waals surface area contributed by atoms with Crippen LogP contribution in [0.2, 0.25) is 5.02 Å². The maximum Gasteiger partial charge on any atom is 0.0638 e. The zero-order valence-corrected chi connectivity index (χ0v) is 11.5. The first-order chi connectivity index (χ1) is 7.25. The summed E-state index contributed by atoms with van der Waals surface area (Å²) in [6, 6.07) is 6.49. The second-order valence-electron chi connectivity index (χ2n) is 3.68. The monoisotopic (exact) mass is 305 g/mol. The topological polar surface area (TPSA) is 12.0 Å². The molecule has 1 saturated heterocycles. The van der Waals surface area contributed by atoms with Crippen molar-refractivity contribution >= 4 is 45.0 Å². The smallest absolute Gasteiger partial charge is 0.0638 e. The normalized spacial score (nSPS) is 21.3. The number of benzene rings is 1. The Bertz CT molecular complexity index is 339. The Morgan fingerprint density at radius 1 is 1.47 bits per heavy atom. The summed E-state index contributed by atoms with van der Waals surface area (Å²) in [6.45, 7) is 0. The van der Waals surface area contributed by atoms with E-state index in [9.17, 15) is 0 Å². The maximum absolute atomic E-state index is 6.13. The van der Waals surface area contributed by atoms with E-state index in [2.05, 4.69) is 21.2 Å². The Kier molecular flexibility index (Phi) is 4.23. The third-order valence-electron chi connectivity index (χ3n) is 2.45. The highest BCUT2D eigenvalue weighted by molar-refractivity contribution is 9.10. The molecule has 1 N–H and O–H groups in total. The first-order valence-corrected chi connectivity index (χ1v) is 7.37. The molecule has 1 nitrogen and oxygen atoms in total. The van der Waals surface area contributed by atoms with Gasteiger partial charge in [0.25, 0.3) is 0 Å². The lowest BCUT2D eigenvalue weighted by Gasteiger charge is -2.24. The molecule has 1 unspecified atom stereocenters. The number of anilines is 1. The fourth-order valence-electron chi connectivity index (χ4n) is 1.68. The molecule has 2 rings (SSSR count). The Morgan fingerprint density at radius 3 is 3.07 bits per heavy atom. The molecule has 1 aromatic rings. The molecule has 4 heteroatoms. The molecule has 15 heavy (non-hydrogen) atoms. The van der Waals surface area contributed by atoms with Gasteiger partial charge in [0.2, 0.25) is 0 Å². The lowest BCUT2D eigenvalue weighted by molar-refractivity contribution is 0.685. The van der Waals surface area contributed by atoms with E-state index in [0.29, 0.717) is 6.04 Å². The molecule has 1 atom stereocenters. The van der Waals surface area contributed by atoms with Crippen molar-refractivity contribution in [1.82, 2.24) is 0 Å². The minimum Gasteiger partial charge on any atom is -0.380 e. The Hall–Kier alpha value is 0.140. The van der Waals surface area contributed by atoms with Crippen LogP contribution in [0.4, 0.5) is 5.69 Å². The molecule has 1 fully saturated rings. The second kappa shape index (κ2) is 5.46. The molecule has 1 aromatic carbocycles. The molecule has 0 aliphatic carbocycles. The molecule has 0 aromatic heterocycles. The number of nitrogens with one attached hydrogen (secondary N) is 1. The van der Waals surface area contributed by atoms with Crippen LogP contribution in [0.15, 0.2) is 22.7 Å². The number of halogens is 2. The van der Waals surface area contributed by atoms with Gasteiger partial charge in [0.1, 0.15) is 0 Å². The van der Waals surface area contributed by atoms with Crippen molar-refractivity contribution in [2.75, 3.05) is 16.8 Å². The first kappa shape index (κ1) is 11.6. The molecular weight excluding hydrogens is 294 g/mol. The molecule has 0 saturated carbocycles. The van der Waals surface area contributed by atoms with E-state index in [0.717, 1.165) is 15.2 Å². The average molecular weight is 307 g/mol. The van der Waals surface area contributed by atoms with Crippen LogP contribution in [0, 0.1) is 0 Å². The Balaban J connectivity index is 2.05. The zero-order chi connectivity index (χ0) is 10.7. The number of rotatable bonds is 2. The number of thioether (sulfide) groups is 1. The minimum atomic E-state index is 0.565. The van der Waals surface area contributed by atoms with E-state index >= 15 is 0 Å². The summed E-state index contributed by atoms with van der Waals surface area (Å²) in [4.78, 5) is 0. The van der Waals surface area contributed by atoms with Crippen LogP contribution in [0.25, 0.3) is 0 Å². The van der Waals surface area contributed by atoms with Crippen molar-refractivity contribution in [2.45, 2.75) is 18.9 Å². The van der Waals surface area contributed by atoms with Gasteiger partial charge < -0.3 is 5.32 Å². The van der Waals surface area contributed by atoms with Crippen LogP contribution in [0.1, 0.15) is 12.8 Å². The van der Waals surface area contributed by atoms with Gasteiger partial charge in [0, 0.05) is 16.3 Å². The van der Waals surface area contributed by atoms with Crippen LogP contribution in [-0.2, 0) is 0 Å². The summed E-state index contributed by atoms with van der Waals surface area (Å²) in [5.41, 5.74) is 1.04. The van der Waals surface area contributed by atoms with Crippen molar-refractivity contribution in [3.05, 3.63) is 27.7 Å². The van der Waals surface area contributed by atoms with Gasteiger partial charge in [-0.05, 0) is 36.8 Å². The maximum atomic E-state index is 6.13. The Morgan fingerprint density at radius 2 is 2.33 bits per heavy atom. The standard InChI is InChI=1S/C11H13BrClNS/c12-8-3-4-10(13)11(6-8)14-9-2-1-5-15-7-9/h3-4,6,9,14H,1-2,5,7H2. The molecule has 0 radical (unpaired) electrons. The average Bonchev–Trinajstić information content (AvgIpc) is 2.25. The van der Waals surface area contributed by atoms with E-state index < -0.39 is 0 Å². The first-order valence-electron chi connectivity index (χ1n) is 5.05.